The summed E-state index contributed by atoms with van der Waals surface area (Å²) in [5.41, 5.74) is 8.55. The molecule has 2 aromatic carbocycles. The van der Waals surface area contributed by atoms with E-state index in [1.165, 1.54) is 22.9 Å². The number of rotatable bonds is 14. The van der Waals surface area contributed by atoms with Gasteiger partial charge in [0.15, 0.2) is 5.82 Å². The molecular formula is C24H32F2N6O. The van der Waals surface area contributed by atoms with Gasteiger partial charge in [0, 0.05) is 6.54 Å². The molecule has 7 nitrogen and oxygen atoms in total. The van der Waals surface area contributed by atoms with Gasteiger partial charge >= 0.3 is 0 Å². The lowest BCUT2D eigenvalue weighted by atomic mass is 10.1. The van der Waals surface area contributed by atoms with Gasteiger partial charge in [0.2, 0.25) is 0 Å². The van der Waals surface area contributed by atoms with E-state index in [0.29, 0.717) is 18.6 Å². The van der Waals surface area contributed by atoms with Gasteiger partial charge in [-0.2, -0.15) is 0 Å². The summed E-state index contributed by atoms with van der Waals surface area (Å²) in [7, 11) is 0. The standard InChI is InChI=1S/C24H32F2N6O/c25-18-9-10-22-20(17-18)24(33)32(23(31-22)19-7-1-2-8-21(19)26)30-16-6-15-29-13-4-3-12-28-14-5-11-27/h1-2,7-10,17,28-30H,3-6,11-16,27H2. The molecule has 0 aliphatic rings. The number of nitrogens with two attached hydrogens (primary N) is 1. The van der Waals surface area contributed by atoms with Crippen LogP contribution in [0.15, 0.2) is 47.3 Å². The van der Waals surface area contributed by atoms with Crippen LogP contribution in [0, 0.1) is 11.6 Å². The maximum absolute atomic E-state index is 14.5. The molecule has 0 amide bonds. The minimum atomic E-state index is -0.523. The van der Waals surface area contributed by atoms with E-state index >= 15 is 0 Å². The molecule has 0 bridgehead atoms. The van der Waals surface area contributed by atoms with Crippen LogP contribution in [0.1, 0.15) is 25.7 Å². The van der Waals surface area contributed by atoms with Gasteiger partial charge in [-0.15, -0.1) is 0 Å². The van der Waals surface area contributed by atoms with Crippen molar-refractivity contribution < 1.29 is 8.78 Å². The first kappa shape index (κ1) is 24.8. The molecule has 1 aromatic heterocycles. The van der Waals surface area contributed by atoms with Crippen molar-refractivity contribution in [3.63, 3.8) is 0 Å². The normalized spacial score (nSPS) is 11.2. The summed E-state index contributed by atoms with van der Waals surface area (Å²) in [5.74, 6) is -0.849. The smallest absolute Gasteiger partial charge is 0.280 e. The molecule has 0 saturated heterocycles. The quantitative estimate of drug-likeness (QED) is 0.277. The van der Waals surface area contributed by atoms with Crippen LogP contribution < -0.4 is 27.4 Å². The fraction of sp³-hybridized carbons (Fsp3) is 0.417. The third-order valence-electron chi connectivity index (χ3n) is 5.26. The molecule has 33 heavy (non-hydrogen) atoms. The van der Waals surface area contributed by atoms with Crippen molar-refractivity contribution in [3.8, 4) is 11.4 Å². The number of halogens is 2. The molecule has 0 aliphatic carbocycles. The number of aromatic nitrogens is 2. The Bertz CT molecular complexity index is 1090. The highest BCUT2D eigenvalue weighted by Crippen LogP contribution is 2.21. The summed E-state index contributed by atoms with van der Waals surface area (Å²) in [6, 6.07) is 9.96. The van der Waals surface area contributed by atoms with E-state index in [2.05, 4.69) is 21.0 Å². The number of unbranched alkanes of at least 4 members (excludes halogenated alkanes) is 1. The number of hydrogen-bond acceptors (Lipinski definition) is 6. The molecule has 0 fully saturated rings. The molecule has 0 radical (unpaired) electrons. The van der Waals surface area contributed by atoms with Gasteiger partial charge in [-0.3, -0.25) is 4.79 Å². The Morgan fingerprint density at radius 1 is 0.879 bits per heavy atom. The fourth-order valence-electron chi connectivity index (χ4n) is 3.51. The molecule has 0 aliphatic heterocycles. The predicted molar refractivity (Wildman–Crippen MR) is 129 cm³/mol. The summed E-state index contributed by atoms with van der Waals surface area (Å²) in [6.07, 6.45) is 3.91. The van der Waals surface area contributed by atoms with Gasteiger partial charge in [-0.25, -0.2) is 18.4 Å². The molecule has 0 saturated carbocycles. The molecule has 0 spiro atoms. The second-order valence-electron chi connectivity index (χ2n) is 7.83. The third kappa shape index (κ3) is 7.05. The van der Waals surface area contributed by atoms with Crippen LogP contribution in [-0.2, 0) is 0 Å². The van der Waals surface area contributed by atoms with Crippen molar-refractivity contribution in [2.75, 3.05) is 44.7 Å². The fourth-order valence-corrected chi connectivity index (χ4v) is 3.51. The van der Waals surface area contributed by atoms with Crippen molar-refractivity contribution in [3.05, 3.63) is 64.5 Å². The monoisotopic (exact) mass is 458 g/mol. The van der Waals surface area contributed by atoms with Gasteiger partial charge in [0.25, 0.3) is 5.56 Å². The second-order valence-corrected chi connectivity index (χ2v) is 7.83. The number of fused-ring (bicyclic) bond motifs is 1. The molecule has 3 rings (SSSR count). The van der Waals surface area contributed by atoms with E-state index in [9.17, 15) is 13.6 Å². The average Bonchev–Trinajstić information content (AvgIpc) is 2.81. The first-order chi connectivity index (χ1) is 16.1. The van der Waals surface area contributed by atoms with Gasteiger partial charge in [0.05, 0.1) is 16.5 Å². The second kappa shape index (κ2) is 13.0. The van der Waals surface area contributed by atoms with E-state index in [-0.39, 0.29) is 16.8 Å². The molecule has 9 heteroatoms. The largest absolute Gasteiger partial charge is 0.330 e. The number of nitrogens with zero attached hydrogens (tertiary/aromatic N) is 2. The maximum atomic E-state index is 14.5. The van der Waals surface area contributed by atoms with Crippen LogP contribution in [0.2, 0.25) is 0 Å². The molecule has 0 unspecified atom stereocenters. The van der Waals surface area contributed by atoms with Crippen molar-refractivity contribution in [1.29, 1.82) is 0 Å². The van der Waals surface area contributed by atoms with Crippen LogP contribution in [0.5, 0.6) is 0 Å². The Balaban J connectivity index is 1.58. The Labute approximate surface area is 192 Å². The summed E-state index contributed by atoms with van der Waals surface area (Å²) >= 11 is 0. The SMILES string of the molecule is NCCCNCCCCNCCCNn1c(-c2ccccc2F)nc2ccc(F)cc2c1=O. The topological polar surface area (TPSA) is 97.0 Å². The van der Waals surface area contributed by atoms with E-state index in [0.717, 1.165) is 57.9 Å². The van der Waals surface area contributed by atoms with Gasteiger partial charge in [-0.1, -0.05) is 12.1 Å². The molecule has 3 aromatic rings. The van der Waals surface area contributed by atoms with Crippen molar-refractivity contribution in [2.24, 2.45) is 5.73 Å². The van der Waals surface area contributed by atoms with Crippen LogP contribution in [0.3, 0.4) is 0 Å². The Kier molecular flexibility index (Phi) is 9.74. The summed E-state index contributed by atoms with van der Waals surface area (Å²) in [5, 5.41) is 6.87. The predicted octanol–water partition coefficient (Wildman–Crippen LogP) is 2.58. The number of nitrogens with one attached hydrogen (secondary N) is 3. The van der Waals surface area contributed by atoms with E-state index in [4.69, 9.17) is 5.73 Å². The summed E-state index contributed by atoms with van der Waals surface area (Å²) < 4.78 is 29.4. The zero-order valence-electron chi connectivity index (χ0n) is 18.7. The van der Waals surface area contributed by atoms with Crippen molar-refractivity contribution in [1.82, 2.24) is 20.3 Å². The number of hydrogen-bond donors (Lipinski definition) is 4. The van der Waals surface area contributed by atoms with Crippen LogP contribution in [0.25, 0.3) is 22.3 Å². The first-order valence-electron chi connectivity index (χ1n) is 11.4. The lowest BCUT2D eigenvalue weighted by molar-refractivity contribution is 0.569. The highest BCUT2D eigenvalue weighted by molar-refractivity contribution is 5.80. The third-order valence-corrected chi connectivity index (χ3v) is 5.26. The Morgan fingerprint density at radius 2 is 1.58 bits per heavy atom. The zero-order chi connectivity index (χ0) is 23.5. The average molecular weight is 459 g/mol. The molecule has 178 valence electrons. The Morgan fingerprint density at radius 3 is 2.30 bits per heavy atom. The van der Waals surface area contributed by atoms with Crippen LogP contribution in [-0.4, -0.2) is 48.9 Å². The molecule has 5 N–H and O–H groups in total. The lowest BCUT2D eigenvalue weighted by Gasteiger charge is -2.16. The Hall–Kier alpha value is -2.88. The molecule has 1 heterocycles. The highest BCUT2D eigenvalue weighted by atomic mass is 19.1. The van der Waals surface area contributed by atoms with E-state index < -0.39 is 17.2 Å². The number of benzene rings is 2. The van der Waals surface area contributed by atoms with Gasteiger partial charge < -0.3 is 21.8 Å². The minimum absolute atomic E-state index is 0.140. The highest BCUT2D eigenvalue weighted by Gasteiger charge is 2.16. The van der Waals surface area contributed by atoms with Crippen LogP contribution >= 0.6 is 0 Å². The van der Waals surface area contributed by atoms with Gasteiger partial charge in [0.1, 0.15) is 11.6 Å². The molecular weight excluding hydrogens is 426 g/mol. The zero-order valence-corrected chi connectivity index (χ0v) is 18.7. The van der Waals surface area contributed by atoms with Crippen molar-refractivity contribution >= 4 is 10.9 Å². The minimum Gasteiger partial charge on any atom is -0.330 e. The van der Waals surface area contributed by atoms with Gasteiger partial charge in [-0.05, 0) is 88.7 Å². The summed E-state index contributed by atoms with van der Waals surface area (Å²) in [4.78, 5) is 17.5. The maximum Gasteiger partial charge on any atom is 0.280 e. The van der Waals surface area contributed by atoms with E-state index in [1.54, 1.807) is 18.2 Å². The summed E-state index contributed by atoms with van der Waals surface area (Å²) in [6.45, 7) is 4.81. The van der Waals surface area contributed by atoms with Crippen molar-refractivity contribution in [2.45, 2.75) is 25.7 Å². The van der Waals surface area contributed by atoms with Crippen LogP contribution in [0.4, 0.5) is 8.78 Å². The van der Waals surface area contributed by atoms with E-state index in [1.807, 2.05) is 0 Å². The molecule has 0 atom stereocenters. The first-order valence-corrected chi connectivity index (χ1v) is 11.4. The lowest BCUT2D eigenvalue weighted by Crippen LogP contribution is -2.33.